The largest absolute Gasteiger partial charge is 0.493 e. The van der Waals surface area contributed by atoms with Gasteiger partial charge in [-0.25, -0.2) is 0 Å². The first-order valence-corrected chi connectivity index (χ1v) is 12.0. The highest BCUT2D eigenvalue weighted by Gasteiger charge is 2.38. The molecule has 11 heteroatoms. The minimum atomic E-state index is -4.69. The number of aryl methyl sites for hydroxylation is 2. The lowest BCUT2D eigenvalue weighted by molar-refractivity contribution is -0.0601. The quantitative estimate of drug-likeness (QED) is 0.174. The molecule has 3 rings (SSSR count). The molecule has 1 heterocycles. The minimum absolute atomic E-state index is 0.132. The summed E-state index contributed by atoms with van der Waals surface area (Å²) in [5.74, 6) is 0.424. The number of para-hydroxylation sites is 1. The zero-order valence-corrected chi connectivity index (χ0v) is 20.2. The average molecular weight is 503 g/mol. The van der Waals surface area contributed by atoms with E-state index in [1.54, 1.807) is 27.7 Å². The molecule has 0 bridgehead atoms. The van der Waals surface area contributed by atoms with Crippen LogP contribution in [0.15, 0.2) is 53.8 Å². The van der Waals surface area contributed by atoms with E-state index in [0.29, 0.717) is 29.9 Å². The molecule has 0 amide bonds. The van der Waals surface area contributed by atoms with Gasteiger partial charge in [-0.2, -0.15) is 21.6 Å². The number of fused-ring (bicyclic) bond motifs is 1. The van der Waals surface area contributed by atoms with Crippen molar-refractivity contribution in [1.82, 2.24) is 4.98 Å². The Morgan fingerprint density at radius 1 is 1.09 bits per heavy atom. The van der Waals surface area contributed by atoms with Gasteiger partial charge in [0, 0.05) is 17.3 Å². The first-order valence-electron chi connectivity index (χ1n) is 10.3. The maximum Gasteiger partial charge on any atom is 0.437 e. The first kappa shape index (κ1) is 29.0. The molecule has 0 radical (unpaired) electrons. The number of oxime groups is 1. The van der Waals surface area contributed by atoms with Crippen LogP contribution in [-0.4, -0.2) is 47.4 Å². The summed E-state index contributed by atoms with van der Waals surface area (Å²) in [5.41, 5.74) is 0.854. The third-order valence-corrected chi connectivity index (χ3v) is 5.24. The second-order valence-corrected chi connectivity index (χ2v) is 8.74. The van der Waals surface area contributed by atoms with E-state index in [1.165, 1.54) is 23.0 Å². The zero-order chi connectivity index (χ0) is 25.9. The number of ether oxygens (including phenoxy) is 1. The Labute approximate surface area is 197 Å². The summed E-state index contributed by atoms with van der Waals surface area (Å²) >= 11 is 0. The van der Waals surface area contributed by atoms with Gasteiger partial charge in [0.25, 0.3) is 10.1 Å². The highest BCUT2D eigenvalue weighted by atomic mass is 32.2. The van der Waals surface area contributed by atoms with Crippen molar-refractivity contribution in [1.29, 1.82) is 0 Å². The highest BCUT2D eigenvalue weighted by Crippen LogP contribution is 2.29. The number of alkyl halides is 3. The van der Waals surface area contributed by atoms with Crippen molar-refractivity contribution in [2.45, 2.75) is 40.3 Å². The van der Waals surface area contributed by atoms with Crippen LogP contribution in [0.3, 0.4) is 0 Å². The van der Waals surface area contributed by atoms with Gasteiger partial charge in [0.15, 0.2) is 5.71 Å². The zero-order valence-electron chi connectivity index (χ0n) is 19.3. The van der Waals surface area contributed by atoms with Crippen LogP contribution >= 0.6 is 0 Å². The molecule has 34 heavy (non-hydrogen) atoms. The molecule has 2 aromatic carbocycles. The Morgan fingerprint density at radius 2 is 1.68 bits per heavy atom. The van der Waals surface area contributed by atoms with Crippen LogP contribution in [0.2, 0.25) is 0 Å². The van der Waals surface area contributed by atoms with Gasteiger partial charge in [-0.3, -0.25) is 4.55 Å². The van der Waals surface area contributed by atoms with Gasteiger partial charge in [-0.1, -0.05) is 30.3 Å². The normalized spacial score (nSPS) is 11.8. The number of nitrogens with zero attached hydrogens (tertiary/aromatic N) is 1. The monoisotopic (exact) mass is 502 g/mol. The molecule has 3 aromatic rings. The maximum atomic E-state index is 12.6. The van der Waals surface area contributed by atoms with Crippen molar-refractivity contribution < 1.29 is 36.1 Å². The molecule has 7 nitrogen and oxygen atoms in total. The van der Waals surface area contributed by atoms with E-state index in [2.05, 4.69) is 28.3 Å². The first-order chi connectivity index (χ1) is 15.8. The summed E-state index contributed by atoms with van der Waals surface area (Å²) in [6, 6.07) is 12.9. The second kappa shape index (κ2) is 13.0. The van der Waals surface area contributed by atoms with Crippen molar-refractivity contribution in [3.8, 4) is 5.75 Å². The fourth-order valence-corrected chi connectivity index (χ4v) is 3.51. The van der Waals surface area contributed by atoms with Crippen LogP contribution in [0.4, 0.5) is 13.2 Å². The van der Waals surface area contributed by atoms with Crippen LogP contribution < -0.4 is 4.74 Å². The van der Waals surface area contributed by atoms with E-state index in [-0.39, 0.29) is 11.3 Å². The molecule has 0 saturated heterocycles. The van der Waals surface area contributed by atoms with Crippen LogP contribution in [0.1, 0.15) is 37.0 Å². The number of halogens is 3. The molecule has 0 aliphatic heterocycles. The van der Waals surface area contributed by atoms with Gasteiger partial charge in [0.2, 0.25) is 0 Å². The molecule has 0 saturated carbocycles. The number of nitrogens with one attached hydrogen (secondary N) is 1. The molecule has 3 N–H and O–H groups in total. The fourth-order valence-electron chi connectivity index (χ4n) is 2.99. The number of benzene rings is 2. The third kappa shape index (κ3) is 9.44. The number of rotatable bonds is 5. The lowest BCUT2D eigenvalue weighted by Gasteiger charge is -2.14. The minimum Gasteiger partial charge on any atom is -0.493 e. The second-order valence-electron chi connectivity index (χ2n) is 7.17. The van der Waals surface area contributed by atoms with E-state index in [0.717, 1.165) is 0 Å². The molecular weight excluding hydrogens is 473 g/mol. The summed E-state index contributed by atoms with van der Waals surface area (Å²) in [6.07, 6.45) is -2.27. The van der Waals surface area contributed by atoms with Crippen molar-refractivity contribution in [3.63, 3.8) is 0 Å². The van der Waals surface area contributed by atoms with Gasteiger partial charge in [0.1, 0.15) is 5.75 Å². The molecule has 0 unspecified atom stereocenters. The predicted molar refractivity (Wildman–Crippen MR) is 126 cm³/mol. The molecule has 0 aliphatic carbocycles. The van der Waals surface area contributed by atoms with E-state index < -0.39 is 22.0 Å². The van der Waals surface area contributed by atoms with Crippen molar-refractivity contribution in [2.24, 2.45) is 5.16 Å². The van der Waals surface area contributed by atoms with E-state index in [4.69, 9.17) is 14.5 Å². The highest BCUT2D eigenvalue weighted by molar-refractivity contribution is 7.85. The van der Waals surface area contributed by atoms with E-state index in [1.807, 2.05) is 18.3 Å². The smallest absolute Gasteiger partial charge is 0.437 e. The van der Waals surface area contributed by atoms with Gasteiger partial charge in [-0.15, -0.1) is 0 Å². The number of aromatic nitrogens is 1. The molecular formula is C23H29F3N2O5S. The molecule has 1 aromatic heterocycles. The standard InChI is InChI=1S/C12H14F3NO2.C8H7N.C3H8O3S/c1-4-18-10-7(2)5-9(6-8(10)3)11(16-17)12(13,14)15;1-2-4-8-7(3-1)5-6-9-8;1-2-3-7(4,5)6/h5-6,17H,4H2,1-3H3;1-6,9H;2-3H2,1H3,(H,4,5,6). The summed E-state index contributed by atoms with van der Waals surface area (Å²) in [7, 11) is -3.67. The molecule has 0 aliphatic rings. The summed E-state index contributed by atoms with van der Waals surface area (Å²) < 4.78 is 70.7. The summed E-state index contributed by atoms with van der Waals surface area (Å²) in [6.45, 7) is 7.21. The predicted octanol–water partition coefficient (Wildman–Crippen LogP) is 5.89. The molecule has 0 atom stereocenters. The average Bonchev–Trinajstić information content (AvgIpc) is 3.19. The van der Waals surface area contributed by atoms with Crippen LogP contribution in [-0.2, 0) is 10.1 Å². The van der Waals surface area contributed by atoms with Gasteiger partial charge in [-0.05, 0) is 68.0 Å². The summed E-state index contributed by atoms with van der Waals surface area (Å²) in [4.78, 5) is 3.12. The Morgan fingerprint density at radius 3 is 2.09 bits per heavy atom. The number of hydrogen-bond donors (Lipinski definition) is 3. The topological polar surface area (TPSA) is 112 Å². The van der Waals surface area contributed by atoms with Crippen LogP contribution in [0.25, 0.3) is 10.9 Å². The molecule has 0 fully saturated rings. The molecule has 0 spiro atoms. The van der Waals surface area contributed by atoms with E-state index >= 15 is 0 Å². The number of H-pyrrole nitrogens is 1. The van der Waals surface area contributed by atoms with Crippen molar-refractivity contribution >= 4 is 26.7 Å². The van der Waals surface area contributed by atoms with Crippen molar-refractivity contribution in [3.05, 3.63) is 65.4 Å². The fraction of sp³-hybridized carbons (Fsp3) is 0.348. The third-order valence-electron chi connectivity index (χ3n) is 4.32. The SMILES string of the molecule is CCCS(=O)(=O)O.CCOc1c(C)cc(C(=NO)C(F)(F)F)cc1C.c1ccc2[nH]ccc2c1. The number of aromatic amines is 1. The lowest BCUT2D eigenvalue weighted by Crippen LogP contribution is -2.24. The summed E-state index contributed by atoms with van der Waals surface area (Å²) in [5, 5.41) is 12.1. The lowest BCUT2D eigenvalue weighted by atomic mass is 10.0. The van der Waals surface area contributed by atoms with Crippen LogP contribution in [0, 0.1) is 13.8 Å². The number of hydrogen-bond acceptors (Lipinski definition) is 5. The Bertz CT molecular complexity index is 1140. The van der Waals surface area contributed by atoms with Gasteiger partial charge < -0.3 is 14.9 Å². The van der Waals surface area contributed by atoms with Crippen molar-refractivity contribution in [2.75, 3.05) is 12.4 Å². The van der Waals surface area contributed by atoms with Gasteiger partial charge >= 0.3 is 6.18 Å². The van der Waals surface area contributed by atoms with E-state index in [9.17, 15) is 21.6 Å². The Kier molecular flexibility index (Phi) is 11.1. The molecule has 188 valence electrons. The van der Waals surface area contributed by atoms with Crippen LogP contribution in [0.5, 0.6) is 5.75 Å². The Hall–Kier alpha value is -3.05. The Balaban J connectivity index is 0.000000297. The van der Waals surface area contributed by atoms with Gasteiger partial charge in [0.05, 0.1) is 12.4 Å². The maximum absolute atomic E-state index is 12.6.